The number of fused-ring (bicyclic) bond motifs is 1. The van der Waals surface area contributed by atoms with E-state index in [0.29, 0.717) is 12.6 Å². The quantitative estimate of drug-likeness (QED) is 0.790. The van der Waals surface area contributed by atoms with E-state index in [0.717, 1.165) is 31.2 Å². The number of rotatable bonds is 2. The van der Waals surface area contributed by atoms with Crippen molar-refractivity contribution in [2.75, 3.05) is 18.4 Å². The Morgan fingerprint density at radius 2 is 2.25 bits per heavy atom. The van der Waals surface area contributed by atoms with E-state index >= 15 is 0 Å². The molecule has 0 aliphatic carbocycles. The standard InChI is InChI=1S/C11H21N5/c1-11(2,3)8-5-7-13-10-14-9(4-6-12)15-16(8)10/h8H,4-7,12H2,1-3H3,(H,13,14,15). The van der Waals surface area contributed by atoms with Gasteiger partial charge in [0.2, 0.25) is 5.95 Å². The maximum absolute atomic E-state index is 5.53. The van der Waals surface area contributed by atoms with Crippen molar-refractivity contribution in [1.29, 1.82) is 0 Å². The lowest BCUT2D eigenvalue weighted by atomic mass is 9.84. The van der Waals surface area contributed by atoms with E-state index in [-0.39, 0.29) is 5.41 Å². The Kier molecular flexibility index (Phi) is 2.88. The summed E-state index contributed by atoms with van der Waals surface area (Å²) in [4.78, 5) is 4.46. The molecule has 90 valence electrons. The van der Waals surface area contributed by atoms with Crippen LogP contribution in [0.2, 0.25) is 0 Å². The van der Waals surface area contributed by atoms with Crippen molar-refractivity contribution in [2.24, 2.45) is 11.1 Å². The smallest absolute Gasteiger partial charge is 0.221 e. The van der Waals surface area contributed by atoms with E-state index in [1.165, 1.54) is 0 Å². The van der Waals surface area contributed by atoms with E-state index < -0.39 is 0 Å². The molecule has 16 heavy (non-hydrogen) atoms. The second kappa shape index (κ2) is 4.05. The summed E-state index contributed by atoms with van der Waals surface area (Å²) >= 11 is 0. The molecule has 5 heteroatoms. The fourth-order valence-corrected chi connectivity index (χ4v) is 2.18. The minimum atomic E-state index is 0.213. The maximum atomic E-state index is 5.53. The SMILES string of the molecule is CC(C)(C)C1CCNc2nc(CCN)nn21. The third-order valence-corrected chi connectivity index (χ3v) is 3.04. The summed E-state index contributed by atoms with van der Waals surface area (Å²) in [5.41, 5.74) is 5.74. The van der Waals surface area contributed by atoms with Crippen LogP contribution in [0, 0.1) is 5.41 Å². The molecule has 0 bridgehead atoms. The fourth-order valence-electron chi connectivity index (χ4n) is 2.18. The van der Waals surface area contributed by atoms with E-state index in [9.17, 15) is 0 Å². The van der Waals surface area contributed by atoms with Gasteiger partial charge in [0.25, 0.3) is 0 Å². The second-order valence-corrected chi connectivity index (χ2v) is 5.43. The van der Waals surface area contributed by atoms with Crippen LogP contribution in [0.1, 0.15) is 39.1 Å². The number of nitrogens with zero attached hydrogens (tertiary/aromatic N) is 3. The van der Waals surface area contributed by atoms with Crippen molar-refractivity contribution < 1.29 is 0 Å². The number of nitrogens with one attached hydrogen (secondary N) is 1. The van der Waals surface area contributed by atoms with Crippen LogP contribution < -0.4 is 11.1 Å². The van der Waals surface area contributed by atoms with Gasteiger partial charge in [-0.3, -0.25) is 0 Å². The molecule has 0 saturated heterocycles. The van der Waals surface area contributed by atoms with Crippen LogP contribution in [0.4, 0.5) is 5.95 Å². The average molecular weight is 223 g/mol. The first-order valence-corrected chi connectivity index (χ1v) is 5.91. The largest absolute Gasteiger partial charge is 0.354 e. The highest BCUT2D eigenvalue weighted by molar-refractivity contribution is 5.28. The molecule has 2 heterocycles. The highest BCUT2D eigenvalue weighted by Crippen LogP contribution is 2.36. The van der Waals surface area contributed by atoms with Crippen LogP contribution in [0.3, 0.4) is 0 Å². The molecule has 1 aliphatic rings. The third-order valence-electron chi connectivity index (χ3n) is 3.04. The number of hydrogen-bond acceptors (Lipinski definition) is 4. The molecule has 1 aliphatic heterocycles. The van der Waals surface area contributed by atoms with Crippen molar-refractivity contribution in [1.82, 2.24) is 14.8 Å². The molecule has 0 aromatic carbocycles. The minimum absolute atomic E-state index is 0.213. The molecule has 2 rings (SSSR count). The van der Waals surface area contributed by atoms with E-state index in [1.54, 1.807) is 0 Å². The van der Waals surface area contributed by atoms with Crippen molar-refractivity contribution >= 4 is 5.95 Å². The number of hydrogen-bond donors (Lipinski definition) is 2. The Labute approximate surface area is 96.4 Å². The lowest BCUT2D eigenvalue weighted by Crippen LogP contribution is -2.32. The Morgan fingerprint density at radius 1 is 1.50 bits per heavy atom. The van der Waals surface area contributed by atoms with Crippen molar-refractivity contribution in [2.45, 2.75) is 39.7 Å². The van der Waals surface area contributed by atoms with Gasteiger partial charge in [0.15, 0.2) is 5.82 Å². The van der Waals surface area contributed by atoms with Crippen molar-refractivity contribution in [3.63, 3.8) is 0 Å². The Morgan fingerprint density at radius 3 is 2.88 bits per heavy atom. The Bertz CT molecular complexity index is 363. The van der Waals surface area contributed by atoms with E-state index in [2.05, 4.69) is 36.2 Å². The number of aromatic nitrogens is 3. The molecule has 0 spiro atoms. The van der Waals surface area contributed by atoms with E-state index in [4.69, 9.17) is 5.73 Å². The summed E-state index contributed by atoms with van der Waals surface area (Å²) in [7, 11) is 0. The van der Waals surface area contributed by atoms with E-state index in [1.807, 2.05) is 4.68 Å². The van der Waals surface area contributed by atoms with Crippen LogP contribution in [0.25, 0.3) is 0 Å². The third kappa shape index (κ3) is 2.04. The molecule has 3 N–H and O–H groups in total. The van der Waals surface area contributed by atoms with Gasteiger partial charge in [-0.25, -0.2) is 4.68 Å². The van der Waals surface area contributed by atoms with Gasteiger partial charge >= 0.3 is 0 Å². The summed E-state index contributed by atoms with van der Waals surface area (Å²) in [6.07, 6.45) is 1.85. The first-order chi connectivity index (χ1) is 7.52. The first kappa shape index (κ1) is 11.4. The molecule has 5 nitrogen and oxygen atoms in total. The predicted molar refractivity (Wildman–Crippen MR) is 64.4 cm³/mol. The summed E-state index contributed by atoms with van der Waals surface area (Å²) in [6, 6.07) is 0.419. The highest BCUT2D eigenvalue weighted by atomic mass is 15.4. The van der Waals surface area contributed by atoms with Crippen molar-refractivity contribution in [3.8, 4) is 0 Å². The van der Waals surface area contributed by atoms with Crippen LogP contribution in [-0.2, 0) is 6.42 Å². The van der Waals surface area contributed by atoms with Gasteiger partial charge in [0.05, 0.1) is 6.04 Å². The monoisotopic (exact) mass is 223 g/mol. The van der Waals surface area contributed by atoms with Gasteiger partial charge in [-0.15, -0.1) is 0 Å². The zero-order valence-electron chi connectivity index (χ0n) is 10.3. The Hall–Kier alpha value is -1.10. The lowest BCUT2D eigenvalue weighted by Gasteiger charge is -2.34. The normalized spacial score (nSPS) is 20.4. The zero-order valence-corrected chi connectivity index (χ0v) is 10.3. The minimum Gasteiger partial charge on any atom is -0.354 e. The predicted octanol–water partition coefficient (Wildman–Crippen LogP) is 1.18. The molecule has 1 atom stereocenters. The molecule has 1 aromatic heterocycles. The van der Waals surface area contributed by atoms with Gasteiger partial charge in [0.1, 0.15) is 0 Å². The molecule has 0 radical (unpaired) electrons. The molecule has 1 aromatic rings. The van der Waals surface area contributed by atoms with Crippen LogP contribution >= 0.6 is 0 Å². The van der Waals surface area contributed by atoms with Gasteiger partial charge in [-0.05, 0) is 18.4 Å². The lowest BCUT2D eigenvalue weighted by molar-refractivity contribution is 0.209. The van der Waals surface area contributed by atoms with Gasteiger partial charge in [-0.2, -0.15) is 10.1 Å². The molecule has 0 fully saturated rings. The highest BCUT2D eigenvalue weighted by Gasteiger charge is 2.32. The fraction of sp³-hybridized carbons (Fsp3) is 0.818. The first-order valence-electron chi connectivity index (χ1n) is 5.91. The summed E-state index contributed by atoms with van der Waals surface area (Å²) in [6.45, 7) is 8.32. The summed E-state index contributed by atoms with van der Waals surface area (Å²) < 4.78 is 2.04. The topological polar surface area (TPSA) is 68.8 Å². The second-order valence-electron chi connectivity index (χ2n) is 5.43. The molecule has 0 amide bonds. The maximum Gasteiger partial charge on any atom is 0.221 e. The molecular weight excluding hydrogens is 202 g/mol. The zero-order chi connectivity index (χ0) is 11.8. The number of anilines is 1. The molecule has 0 saturated carbocycles. The average Bonchev–Trinajstić information content (AvgIpc) is 2.58. The summed E-state index contributed by atoms with van der Waals surface area (Å²) in [5, 5.41) is 7.84. The van der Waals surface area contributed by atoms with Crippen LogP contribution in [0.15, 0.2) is 0 Å². The van der Waals surface area contributed by atoms with Crippen molar-refractivity contribution in [3.05, 3.63) is 5.82 Å². The van der Waals surface area contributed by atoms with Gasteiger partial charge < -0.3 is 11.1 Å². The molecule has 1 unspecified atom stereocenters. The Balaban J connectivity index is 2.31. The van der Waals surface area contributed by atoms with Crippen LogP contribution in [0.5, 0.6) is 0 Å². The van der Waals surface area contributed by atoms with Gasteiger partial charge in [0, 0.05) is 13.0 Å². The van der Waals surface area contributed by atoms with Crippen LogP contribution in [-0.4, -0.2) is 27.9 Å². The van der Waals surface area contributed by atoms with Gasteiger partial charge in [-0.1, -0.05) is 20.8 Å². The summed E-state index contributed by atoms with van der Waals surface area (Å²) in [5.74, 6) is 1.75. The number of nitrogens with two attached hydrogens (primary N) is 1. The molecular formula is C11H21N5.